The van der Waals surface area contributed by atoms with Gasteiger partial charge in [-0.05, 0) is 13.8 Å². The molecule has 0 aliphatic carbocycles. The molecule has 0 spiro atoms. The van der Waals surface area contributed by atoms with Crippen LogP contribution >= 0.6 is 0 Å². The summed E-state index contributed by atoms with van der Waals surface area (Å²) < 4.78 is 0. The van der Waals surface area contributed by atoms with E-state index < -0.39 is 0 Å². The molecule has 0 amide bonds. The fraction of sp³-hybridized carbons (Fsp3) is 0.500. The molecule has 46 valence electrons. The first-order valence-corrected chi connectivity index (χ1v) is 2.72. The van der Waals surface area contributed by atoms with Crippen LogP contribution in [0.15, 0.2) is 17.4 Å². The first-order chi connectivity index (χ1) is 3.81. The van der Waals surface area contributed by atoms with Gasteiger partial charge in [0, 0.05) is 12.8 Å². The summed E-state index contributed by atoms with van der Waals surface area (Å²) in [5.41, 5.74) is 0. The van der Waals surface area contributed by atoms with E-state index in [9.17, 15) is 0 Å². The van der Waals surface area contributed by atoms with E-state index in [1.54, 1.807) is 6.21 Å². The molecule has 2 heteroatoms. The first kappa shape index (κ1) is 7.21. The van der Waals surface area contributed by atoms with E-state index in [4.69, 9.17) is 0 Å². The molecule has 0 heterocycles. The summed E-state index contributed by atoms with van der Waals surface area (Å²) in [7, 11) is 0. The van der Waals surface area contributed by atoms with Crippen LogP contribution in [0.25, 0.3) is 0 Å². The number of hydrogen-bond acceptors (Lipinski definition) is 2. The van der Waals surface area contributed by atoms with Crippen molar-refractivity contribution in [3.8, 4) is 0 Å². The lowest BCUT2D eigenvalue weighted by Gasteiger charge is -1.97. The molecule has 0 rings (SSSR count). The molecule has 0 aromatic rings. The molecule has 2 nitrogen and oxygen atoms in total. The van der Waals surface area contributed by atoms with Gasteiger partial charge in [-0.3, -0.25) is 0 Å². The number of aliphatic imine (C=N–C) groups is 1. The van der Waals surface area contributed by atoms with Crippen LogP contribution in [-0.2, 0) is 0 Å². The van der Waals surface area contributed by atoms with Crippen molar-refractivity contribution in [2.75, 3.05) is 6.54 Å². The minimum Gasteiger partial charge on any atom is -0.371 e. The Hall–Kier alpha value is -0.790. The van der Waals surface area contributed by atoms with Crippen LogP contribution in [0.5, 0.6) is 0 Å². The second-order valence-electron chi connectivity index (χ2n) is 1.36. The molecule has 0 aliphatic heterocycles. The Morgan fingerprint density at radius 1 is 1.88 bits per heavy atom. The molecule has 0 saturated carbocycles. The average Bonchev–Trinajstić information content (AvgIpc) is 1.68. The zero-order valence-corrected chi connectivity index (χ0v) is 5.44. The lowest BCUT2D eigenvalue weighted by molar-refractivity contribution is 0.847. The van der Waals surface area contributed by atoms with Crippen molar-refractivity contribution in [2.45, 2.75) is 13.8 Å². The Kier molecular flexibility index (Phi) is 3.94. The van der Waals surface area contributed by atoms with Crippen LogP contribution in [0.3, 0.4) is 0 Å². The third kappa shape index (κ3) is 3.40. The van der Waals surface area contributed by atoms with Crippen LogP contribution in [-0.4, -0.2) is 12.8 Å². The summed E-state index contributed by atoms with van der Waals surface area (Å²) in [6, 6.07) is 0. The van der Waals surface area contributed by atoms with Gasteiger partial charge in [-0.1, -0.05) is 6.58 Å². The standard InChI is InChI=1S/C6H12N2/c1-4-7-6(3)8-5-2/h4,8H,3,5H2,1-2H3. The van der Waals surface area contributed by atoms with E-state index in [0.717, 1.165) is 12.4 Å². The highest BCUT2D eigenvalue weighted by molar-refractivity contribution is 5.54. The summed E-state index contributed by atoms with van der Waals surface area (Å²) in [5.74, 6) is 0.731. The third-order valence-corrected chi connectivity index (χ3v) is 0.666. The maximum atomic E-state index is 3.88. The largest absolute Gasteiger partial charge is 0.371 e. The van der Waals surface area contributed by atoms with Crippen molar-refractivity contribution in [2.24, 2.45) is 4.99 Å². The van der Waals surface area contributed by atoms with Crippen LogP contribution < -0.4 is 5.32 Å². The molecule has 0 aromatic heterocycles. The van der Waals surface area contributed by atoms with Crippen molar-refractivity contribution in [1.29, 1.82) is 0 Å². The van der Waals surface area contributed by atoms with Gasteiger partial charge in [0.05, 0.1) is 0 Å². The second kappa shape index (κ2) is 4.37. The van der Waals surface area contributed by atoms with Crippen molar-refractivity contribution >= 4 is 6.21 Å². The van der Waals surface area contributed by atoms with Gasteiger partial charge in [0.15, 0.2) is 0 Å². The quantitative estimate of drug-likeness (QED) is 0.544. The molecule has 8 heavy (non-hydrogen) atoms. The Bertz CT molecular complexity index is 94.7. The molecule has 0 fully saturated rings. The fourth-order valence-electron chi connectivity index (χ4n) is 0.406. The van der Waals surface area contributed by atoms with Gasteiger partial charge in [0.2, 0.25) is 0 Å². The Labute approximate surface area is 50.3 Å². The average molecular weight is 112 g/mol. The zero-order valence-electron chi connectivity index (χ0n) is 5.44. The Morgan fingerprint density at radius 2 is 2.50 bits per heavy atom. The molecule has 0 radical (unpaired) electrons. The summed E-state index contributed by atoms with van der Waals surface area (Å²) in [5, 5.41) is 2.95. The highest BCUT2D eigenvalue weighted by atomic mass is 15.0. The van der Waals surface area contributed by atoms with Gasteiger partial charge >= 0.3 is 0 Å². The number of nitrogens with one attached hydrogen (secondary N) is 1. The molecule has 0 atom stereocenters. The normalized spacial score (nSPS) is 9.75. The van der Waals surface area contributed by atoms with E-state index in [0.29, 0.717) is 0 Å². The second-order valence-corrected chi connectivity index (χ2v) is 1.36. The minimum absolute atomic E-state index is 0.731. The van der Waals surface area contributed by atoms with Gasteiger partial charge in [0.25, 0.3) is 0 Å². The summed E-state index contributed by atoms with van der Waals surface area (Å²) in [4.78, 5) is 3.88. The summed E-state index contributed by atoms with van der Waals surface area (Å²) in [6.45, 7) is 8.38. The smallest absolute Gasteiger partial charge is 0.118 e. The van der Waals surface area contributed by atoms with Gasteiger partial charge in [0.1, 0.15) is 5.82 Å². The Balaban J connectivity index is 3.33. The molecule has 1 N–H and O–H groups in total. The maximum Gasteiger partial charge on any atom is 0.118 e. The van der Waals surface area contributed by atoms with Crippen molar-refractivity contribution in [1.82, 2.24) is 5.32 Å². The van der Waals surface area contributed by atoms with E-state index in [1.165, 1.54) is 0 Å². The van der Waals surface area contributed by atoms with Gasteiger partial charge in [-0.25, -0.2) is 4.99 Å². The third-order valence-electron chi connectivity index (χ3n) is 0.666. The van der Waals surface area contributed by atoms with E-state index in [2.05, 4.69) is 16.9 Å². The molecular formula is C6H12N2. The minimum atomic E-state index is 0.731. The summed E-state index contributed by atoms with van der Waals surface area (Å²) >= 11 is 0. The predicted octanol–water partition coefficient (Wildman–Crippen LogP) is 1.16. The molecule has 0 unspecified atom stereocenters. The highest BCUT2D eigenvalue weighted by Crippen LogP contribution is 1.80. The highest BCUT2D eigenvalue weighted by Gasteiger charge is 1.78. The Morgan fingerprint density at radius 3 is 2.88 bits per heavy atom. The van der Waals surface area contributed by atoms with E-state index in [-0.39, 0.29) is 0 Å². The van der Waals surface area contributed by atoms with E-state index in [1.807, 2.05) is 13.8 Å². The van der Waals surface area contributed by atoms with E-state index >= 15 is 0 Å². The van der Waals surface area contributed by atoms with Crippen molar-refractivity contribution < 1.29 is 0 Å². The summed E-state index contributed by atoms with van der Waals surface area (Å²) in [6.07, 6.45) is 1.71. The molecular weight excluding hydrogens is 100 g/mol. The monoisotopic (exact) mass is 112 g/mol. The maximum absolute atomic E-state index is 3.88. The zero-order chi connectivity index (χ0) is 6.41. The molecule has 0 bridgehead atoms. The molecule has 0 aliphatic rings. The van der Waals surface area contributed by atoms with Crippen LogP contribution in [0.4, 0.5) is 0 Å². The van der Waals surface area contributed by atoms with Crippen molar-refractivity contribution in [3.05, 3.63) is 12.4 Å². The number of rotatable bonds is 3. The molecule has 0 saturated heterocycles. The van der Waals surface area contributed by atoms with Crippen molar-refractivity contribution in [3.63, 3.8) is 0 Å². The predicted molar refractivity (Wildman–Crippen MR) is 37.0 cm³/mol. The van der Waals surface area contributed by atoms with Gasteiger partial charge in [-0.15, -0.1) is 0 Å². The lowest BCUT2D eigenvalue weighted by Crippen LogP contribution is -2.08. The molecule has 0 aromatic carbocycles. The van der Waals surface area contributed by atoms with Crippen LogP contribution in [0.2, 0.25) is 0 Å². The SMILES string of the molecule is C=C(N=CC)NCC. The topological polar surface area (TPSA) is 24.4 Å². The van der Waals surface area contributed by atoms with Crippen LogP contribution in [0, 0.1) is 0 Å². The number of nitrogens with zero attached hydrogens (tertiary/aromatic N) is 1. The fourth-order valence-corrected chi connectivity index (χ4v) is 0.406. The van der Waals surface area contributed by atoms with Gasteiger partial charge in [-0.2, -0.15) is 0 Å². The van der Waals surface area contributed by atoms with Gasteiger partial charge < -0.3 is 5.32 Å². The lowest BCUT2D eigenvalue weighted by atomic mass is 10.7. The first-order valence-electron chi connectivity index (χ1n) is 2.72. The van der Waals surface area contributed by atoms with Crippen LogP contribution in [0.1, 0.15) is 13.8 Å². The number of hydrogen-bond donors (Lipinski definition) is 1.